The van der Waals surface area contributed by atoms with Gasteiger partial charge in [0, 0.05) is 30.4 Å². The quantitative estimate of drug-likeness (QED) is 0.566. The van der Waals surface area contributed by atoms with Crippen LogP contribution < -0.4 is 9.62 Å². The average Bonchev–Trinajstić information content (AvgIpc) is 2.98. The minimum atomic E-state index is -3.58. The number of benzene rings is 1. The molecular formula is C18H24N2O4S2. The Morgan fingerprint density at radius 1 is 1.00 bits per heavy atom. The molecule has 1 aliphatic carbocycles. The zero-order chi connectivity index (χ0) is 18.6. The number of hydrogen-bond donors (Lipinski definition) is 1. The van der Waals surface area contributed by atoms with E-state index in [1.54, 1.807) is 0 Å². The Balaban J connectivity index is 1.53. The number of carbonyl (C=O) groups excluding carboxylic acids is 2. The van der Waals surface area contributed by atoms with E-state index in [1.807, 2.05) is 11.8 Å². The van der Waals surface area contributed by atoms with Gasteiger partial charge in [-0.25, -0.2) is 13.1 Å². The fourth-order valence-corrected chi connectivity index (χ4v) is 5.74. The minimum Gasteiger partial charge on any atom is -0.274 e. The number of hydrogen-bond acceptors (Lipinski definition) is 5. The molecule has 2 amide bonds. The standard InChI is InChI=1S/C18H24N2O4S2/c21-17-10-11-18(22)20(17)14-6-8-16(9-7-14)26(23,24)19-12-13-25-15-4-2-1-3-5-15/h6-9,15,19H,1-5,10-13H2. The molecule has 1 aromatic carbocycles. The van der Waals surface area contributed by atoms with Gasteiger partial charge >= 0.3 is 0 Å². The third kappa shape index (κ3) is 4.66. The molecule has 1 N–H and O–H groups in total. The van der Waals surface area contributed by atoms with E-state index in [1.165, 1.54) is 56.4 Å². The maximum atomic E-state index is 12.4. The summed E-state index contributed by atoms with van der Waals surface area (Å²) in [5, 5.41) is 0.656. The molecular weight excluding hydrogens is 372 g/mol. The number of sulfonamides is 1. The zero-order valence-corrected chi connectivity index (χ0v) is 16.3. The Morgan fingerprint density at radius 2 is 1.62 bits per heavy atom. The first-order chi connectivity index (χ1) is 12.5. The van der Waals surface area contributed by atoms with Crippen molar-refractivity contribution in [2.75, 3.05) is 17.2 Å². The van der Waals surface area contributed by atoms with Crippen LogP contribution in [0, 0.1) is 0 Å². The summed E-state index contributed by atoms with van der Waals surface area (Å²) >= 11 is 1.84. The van der Waals surface area contributed by atoms with Gasteiger partial charge in [0.15, 0.2) is 0 Å². The van der Waals surface area contributed by atoms with Crippen molar-refractivity contribution in [2.45, 2.75) is 55.1 Å². The van der Waals surface area contributed by atoms with Gasteiger partial charge < -0.3 is 0 Å². The predicted octanol–water partition coefficient (Wildman–Crippen LogP) is 2.68. The van der Waals surface area contributed by atoms with E-state index in [0.29, 0.717) is 17.5 Å². The van der Waals surface area contributed by atoms with Gasteiger partial charge in [0.05, 0.1) is 10.6 Å². The molecule has 142 valence electrons. The molecule has 2 aliphatic rings. The minimum absolute atomic E-state index is 0.142. The molecule has 1 saturated carbocycles. The van der Waals surface area contributed by atoms with Crippen LogP contribution in [0.3, 0.4) is 0 Å². The normalized spacial score (nSPS) is 19.3. The van der Waals surface area contributed by atoms with Crippen molar-refractivity contribution in [1.29, 1.82) is 0 Å². The monoisotopic (exact) mass is 396 g/mol. The van der Waals surface area contributed by atoms with Crippen LogP contribution in [0.2, 0.25) is 0 Å². The maximum absolute atomic E-state index is 12.4. The first-order valence-corrected chi connectivity index (χ1v) is 11.6. The van der Waals surface area contributed by atoms with Crippen LogP contribution in [0.15, 0.2) is 29.2 Å². The lowest BCUT2D eigenvalue weighted by atomic mass is 10.0. The smallest absolute Gasteiger partial charge is 0.240 e. The van der Waals surface area contributed by atoms with Gasteiger partial charge in [-0.3, -0.25) is 14.5 Å². The lowest BCUT2D eigenvalue weighted by Gasteiger charge is -2.20. The van der Waals surface area contributed by atoms with Crippen molar-refractivity contribution >= 4 is 39.3 Å². The SMILES string of the molecule is O=C1CCC(=O)N1c1ccc(S(=O)(=O)NCCSC2CCCCC2)cc1. The van der Waals surface area contributed by atoms with Crippen molar-refractivity contribution in [3.8, 4) is 0 Å². The predicted molar refractivity (Wildman–Crippen MR) is 103 cm³/mol. The number of nitrogens with one attached hydrogen (secondary N) is 1. The molecule has 0 unspecified atom stereocenters. The third-order valence-electron chi connectivity index (χ3n) is 4.76. The number of anilines is 1. The van der Waals surface area contributed by atoms with Crippen LogP contribution in [-0.2, 0) is 19.6 Å². The van der Waals surface area contributed by atoms with Gasteiger partial charge in [-0.15, -0.1) is 0 Å². The Morgan fingerprint density at radius 3 is 2.23 bits per heavy atom. The molecule has 0 radical (unpaired) electrons. The molecule has 1 aliphatic heterocycles. The van der Waals surface area contributed by atoms with Crippen molar-refractivity contribution in [3.05, 3.63) is 24.3 Å². The van der Waals surface area contributed by atoms with E-state index in [0.717, 1.165) is 10.7 Å². The summed E-state index contributed by atoms with van der Waals surface area (Å²) in [6.07, 6.45) is 6.74. The van der Waals surface area contributed by atoms with Gasteiger partial charge in [0.2, 0.25) is 21.8 Å². The highest BCUT2D eigenvalue weighted by molar-refractivity contribution is 8.00. The highest BCUT2D eigenvalue weighted by Crippen LogP contribution is 2.28. The Bertz CT molecular complexity index is 740. The summed E-state index contributed by atoms with van der Waals surface area (Å²) in [7, 11) is -3.58. The van der Waals surface area contributed by atoms with Gasteiger partial charge in [0.25, 0.3) is 0 Å². The molecule has 0 bridgehead atoms. The first-order valence-electron chi connectivity index (χ1n) is 9.04. The third-order valence-corrected chi connectivity index (χ3v) is 7.62. The largest absolute Gasteiger partial charge is 0.274 e. The summed E-state index contributed by atoms with van der Waals surface area (Å²) in [6, 6.07) is 5.88. The molecule has 1 heterocycles. The van der Waals surface area contributed by atoms with Crippen LogP contribution >= 0.6 is 11.8 Å². The fourth-order valence-electron chi connectivity index (χ4n) is 3.36. The first kappa shape index (κ1) is 19.4. The molecule has 0 aromatic heterocycles. The molecule has 2 fully saturated rings. The van der Waals surface area contributed by atoms with Crippen molar-refractivity contribution in [3.63, 3.8) is 0 Å². The van der Waals surface area contributed by atoms with E-state index >= 15 is 0 Å². The van der Waals surface area contributed by atoms with Gasteiger partial charge in [0.1, 0.15) is 0 Å². The Hall–Kier alpha value is -1.38. The summed E-state index contributed by atoms with van der Waals surface area (Å²) in [6.45, 7) is 0.397. The zero-order valence-electron chi connectivity index (χ0n) is 14.6. The van der Waals surface area contributed by atoms with Crippen molar-refractivity contribution in [1.82, 2.24) is 4.72 Å². The van der Waals surface area contributed by atoms with Gasteiger partial charge in [-0.05, 0) is 37.1 Å². The maximum Gasteiger partial charge on any atom is 0.240 e. The topological polar surface area (TPSA) is 83.6 Å². The second-order valence-electron chi connectivity index (χ2n) is 6.65. The molecule has 1 saturated heterocycles. The molecule has 1 aromatic rings. The Kier molecular flexibility index (Phi) is 6.37. The van der Waals surface area contributed by atoms with E-state index in [9.17, 15) is 18.0 Å². The highest BCUT2D eigenvalue weighted by Gasteiger charge is 2.30. The van der Waals surface area contributed by atoms with Crippen LogP contribution in [0.25, 0.3) is 0 Å². The average molecular weight is 397 g/mol. The number of carbonyl (C=O) groups is 2. The van der Waals surface area contributed by atoms with Gasteiger partial charge in [-0.2, -0.15) is 11.8 Å². The van der Waals surface area contributed by atoms with E-state index in [4.69, 9.17) is 0 Å². The summed E-state index contributed by atoms with van der Waals surface area (Å²) < 4.78 is 27.4. The van der Waals surface area contributed by atoms with Crippen LogP contribution in [0.4, 0.5) is 5.69 Å². The fraction of sp³-hybridized carbons (Fsp3) is 0.556. The number of imide groups is 1. The number of thioether (sulfide) groups is 1. The molecule has 8 heteroatoms. The van der Waals surface area contributed by atoms with E-state index in [2.05, 4.69) is 4.72 Å². The summed E-state index contributed by atoms with van der Waals surface area (Å²) in [4.78, 5) is 24.7. The van der Waals surface area contributed by atoms with Crippen LogP contribution in [-0.4, -0.2) is 37.8 Å². The molecule has 6 nitrogen and oxygen atoms in total. The Labute approximate surface area is 158 Å². The lowest BCUT2D eigenvalue weighted by molar-refractivity contribution is -0.121. The molecule has 0 spiro atoms. The van der Waals surface area contributed by atoms with Crippen LogP contribution in [0.5, 0.6) is 0 Å². The van der Waals surface area contributed by atoms with Crippen molar-refractivity contribution < 1.29 is 18.0 Å². The lowest BCUT2D eigenvalue weighted by Crippen LogP contribution is -2.29. The molecule has 3 rings (SSSR count). The highest BCUT2D eigenvalue weighted by atomic mass is 32.2. The van der Waals surface area contributed by atoms with E-state index < -0.39 is 10.0 Å². The summed E-state index contributed by atoms with van der Waals surface area (Å²) in [5.74, 6) is 0.269. The number of nitrogens with zero attached hydrogens (tertiary/aromatic N) is 1. The molecule has 26 heavy (non-hydrogen) atoms. The number of rotatable bonds is 7. The second kappa shape index (κ2) is 8.54. The van der Waals surface area contributed by atoms with E-state index in [-0.39, 0.29) is 29.6 Å². The molecule has 0 atom stereocenters. The van der Waals surface area contributed by atoms with Crippen molar-refractivity contribution in [2.24, 2.45) is 0 Å². The number of amides is 2. The van der Waals surface area contributed by atoms with Gasteiger partial charge in [-0.1, -0.05) is 19.3 Å². The van der Waals surface area contributed by atoms with Crippen LogP contribution in [0.1, 0.15) is 44.9 Å². The second-order valence-corrected chi connectivity index (χ2v) is 9.82. The summed E-state index contributed by atoms with van der Waals surface area (Å²) in [5.41, 5.74) is 0.421.